The van der Waals surface area contributed by atoms with Crippen LogP contribution < -0.4 is 16.0 Å². The summed E-state index contributed by atoms with van der Waals surface area (Å²) in [6, 6.07) is 0. The van der Waals surface area contributed by atoms with E-state index in [1.165, 1.54) is 0 Å². The van der Waals surface area contributed by atoms with Crippen molar-refractivity contribution in [3.05, 3.63) is 12.2 Å². The molecule has 3 heterocycles. The molecule has 1 aliphatic rings. The maximum Gasteiger partial charge on any atom is 0.231 e. The average Bonchev–Trinajstić information content (AvgIpc) is 3.15. The van der Waals surface area contributed by atoms with Crippen LogP contribution in [-0.2, 0) is 13.1 Å². The third kappa shape index (κ3) is 3.01. The molecule has 2 aromatic rings. The predicted octanol–water partition coefficient (Wildman–Crippen LogP) is 0.277. The van der Waals surface area contributed by atoms with Crippen LogP contribution in [0.25, 0.3) is 0 Å². The van der Waals surface area contributed by atoms with Crippen molar-refractivity contribution in [1.29, 1.82) is 0 Å². The van der Waals surface area contributed by atoms with Crippen LogP contribution >= 0.6 is 0 Å². The summed E-state index contributed by atoms with van der Waals surface area (Å²) in [5, 5.41) is 11.1. The van der Waals surface area contributed by atoms with Gasteiger partial charge in [0, 0.05) is 19.6 Å². The minimum absolute atomic E-state index is 0.228. The molecule has 1 fully saturated rings. The molecule has 0 unspecified atom stereocenters. The van der Waals surface area contributed by atoms with E-state index in [-0.39, 0.29) is 5.95 Å². The molecular weight excluding hydrogens is 270 g/mol. The summed E-state index contributed by atoms with van der Waals surface area (Å²) in [5.41, 5.74) is 5.77. The smallest absolute Gasteiger partial charge is 0.231 e. The van der Waals surface area contributed by atoms with Gasteiger partial charge in [0.15, 0.2) is 5.82 Å². The Hall–Kier alpha value is -2.45. The van der Waals surface area contributed by atoms with E-state index >= 15 is 0 Å². The molecule has 2 aromatic heterocycles. The highest BCUT2D eigenvalue weighted by molar-refractivity contribution is 5.42. The number of nitrogens with two attached hydrogens (primary N) is 1. The second-order valence-electron chi connectivity index (χ2n) is 4.90. The third-order valence-corrected chi connectivity index (χ3v) is 3.47. The summed E-state index contributed by atoms with van der Waals surface area (Å²) in [6.45, 7) is 5.29. The lowest BCUT2D eigenvalue weighted by atomic mass is 10.4. The summed E-state index contributed by atoms with van der Waals surface area (Å²) in [6.07, 6.45) is 4.02. The standard InChI is InChI=1S/C12H19N9/c1-2-20-8-15-19-9(20)7-14-11-16-10(13)17-12(18-11)21-5-3-4-6-21/h8H,2-7H2,1H3,(H3,13,14,16,17,18). The topological polar surface area (TPSA) is 111 Å². The van der Waals surface area contributed by atoms with Crippen molar-refractivity contribution >= 4 is 17.8 Å². The normalized spacial score (nSPS) is 14.6. The van der Waals surface area contributed by atoms with Gasteiger partial charge in [-0.05, 0) is 19.8 Å². The quantitative estimate of drug-likeness (QED) is 0.807. The minimum Gasteiger partial charge on any atom is -0.368 e. The number of hydrogen-bond donors (Lipinski definition) is 2. The van der Waals surface area contributed by atoms with Gasteiger partial charge in [-0.2, -0.15) is 15.0 Å². The van der Waals surface area contributed by atoms with Gasteiger partial charge in [0.05, 0.1) is 6.54 Å². The van der Waals surface area contributed by atoms with E-state index in [0.29, 0.717) is 18.4 Å². The number of hydrogen-bond acceptors (Lipinski definition) is 8. The molecule has 9 heteroatoms. The fourth-order valence-electron chi connectivity index (χ4n) is 2.36. The first-order valence-electron chi connectivity index (χ1n) is 7.13. The van der Waals surface area contributed by atoms with Crippen LogP contribution in [-0.4, -0.2) is 42.8 Å². The summed E-state index contributed by atoms with van der Waals surface area (Å²) in [5.74, 6) is 2.17. The molecule has 9 nitrogen and oxygen atoms in total. The lowest BCUT2D eigenvalue weighted by Crippen LogP contribution is -2.22. The van der Waals surface area contributed by atoms with Crippen LogP contribution in [0.15, 0.2) is 6.33 Å². The van der Waals surface area contributed by atoms with Gasteiger partial charge in [-0.3, -0.25) is 0 Å². The lowest BCUT2D eigenvalue weighted by Gasteiger charge is -2.16. The van der Waals surface area contributed by atoms with E-state index in [0.717, 1.165) is 38.3 Å². The molecule has 0 aliphatic carbocycles. The van der Waals surface area contributed by atoms with Crippen molar-refractivity contribution in [1.82, 2.24) is 29.7 Å². The number of rotatable bonds is 5. The molecular formula is C12H19N9. The third-order valence-electron chi connectivity index (χ3n) is 3.47. The Morgan fingerprint density at radius 1 is 1.24 bits per heavy atom. The van der Waals surface area contributed by atoms with E-state index in [1.54, 1.807) is 6.33 Å². The number of aryl methyl sites for hydroxylation is 1. The molecule has 0 atom stereocenters. The molecule has 0 saturated carbocycles. The zero-order valence-corrected chi connectivity index (χ0v) is 12.0. The highest BCUT2D eigenvalue weighted by atomic mass is 15.3. The van der Waals surface area contributed by atoms with E-state index in [1.807, 2.05) is 11.5 Å². The van der Waals surface area contributed by atoms with Gasteiger partial charge in [-0.15, -0.1) is 10.2 Å². The number of aromatic nitrogens is 6. The molecule has 0 bridgehead atoms. The summed E-state index contributed by atoms with van der Waals surface area (Å²) >= 11 is 0. The SMILES string of the molecule is CCn1cnnc1CNc1nc(N)nc(N2CCCC2)n1. The Kier molecular flexibility index (Phi) is 3.80. The Morgan fingerprint density at radius 2 is 2.05 bits per heavy atom. The van der Waals surface area contributed by atoms with Crippen LogP contribution in [0.2, 0.25) is 0 Å². The van der Waals surface area contributed by atoms with E-state index < -0.39 is 0 Å². The Morgan fingerprint density at radius 3 is 2.81 bits per heavy atom. The maximum atomic E-state index is 5.77. The van der Waals surface area contributed by atoms with E-state index in [2.05, 4.69) is 35.4 Å². The number of nitrogens with one attached hydrogen (secondary N) is 1. The molecule has 112 valence electrons. The van der Waals surface area contributed by atoms with Gasteiger partial charge in [-0.1, -0.05) is 0 Å². The van der Waals surface area contributed by atoms with Crippen molar-refractivity contribution in [2.45, 2.75) is 32.9 Å². The second-order valence-corrected chi connectivity index (χ2v) is 4.90. The molecule has 1 aliphatic heterocycles. The fraction of sp³-hybridized carbons (Fsp3) is 0.583. The number of anilines is 3. The average molecular weight is 289 g/mol. The van der Waals surface area contributed by atoms with Crippen molar-refractivity contribution in [3.63, 3.8) is 0 Å². The zero-order valence-electron chi connectivity index (χ0n) is 12.0. The first-order valence-corrected chi connectivity index (χ1v) is 7.13. The van der Waals surface area contributed by atoms with Gasteiger partial charge >= 0.3 is 0 Å². The molecule has 1 saturated heterocycles. The molecule has 3 rings (SSSR count). The van der Waals surface area contributed by atoms with Crippen molar-refractivity contribution in [3.8, 4) is 0 Å². The predicted molar refractivity (Wildman–Crippen MR) is 78.7 cm³/mol. The summed E-state index contributed by atoms with van der Waals surface area (Å²) in [7, 11) is 0. The molecule has 0 amide bonds. The Balaban J connectivity index is 1.73. The largest absolute Gasteiger partial charge is 0.368 e. The monoisotopic (exact) mass is 289 g/mol. The second kappa shape index (κ2) is 5.90. The molecule has 0 radical (unpaired) electrons. The van der Waals surface area contributed by atoms with Crippen LogP contribution in [0, 0.1) is 0 Å². The van der Waals surface area contributed by atoms with E-state index in [9.17, 15) is 0 Å². The van der Waals surface area contributed by atoms with Crippen LogP contribution in [0.1, 0.15) is 25.6 Å². The highest BCUT2D eigenvalue weighted by Crippen LogP contribution is 2.17. The number of nitrogen functional groups attached to an aromatic ring is 1. The van der Waals surface area contributed by atoms with Crippen LogP contribution in [0.3, 0.4) is 0 Å². The first kappa shape index (κ1) is 13.5. The van der Waals surface area contributed by atoms with Gasteiger partial charge in [-0.25, -0.2) is 0 Å². The highest BCUT2D eigenvalue weighted by Gasteiger charge is 2.16. The van der Waals surface area contributed by atoms with Gasteiger partial charge < -0.3 is 20.5 Å². The maximum absolute atomic E-state index is 5.77. The van der Waals surface area contributed by atoms with Crippen LogP contribution in [0.5, 0.6) is 0 Å². The molecule has 0 spiro atoms. The van der Waals surface area contributed by atoms with Crippen molar-refractivity contribution < 1.29 is 0 Å². The molecule has 3 N–H and O–H groups in total. The van der Waals surface area contributed by atoms with Gasteiger partial charge in [0.1, 0.15) is 6.33 Å². The molecule has 21 heavy (non-hydrogen) atoms. The van der Waals surface area contributed by atoms with Crippen molar-refractivity contribution in [2.24, 2.45) is 0 Å². The van der Waals surface area contributed by atoms with Gasteiger partial charge in [0.2, 0.25) is 17.8 Å². The summed E-state index contributed by atoms with van der Waals surface area (Å²) < 4.78 is 1.96. The van der Waals surface area contributed by atoms with Crippen molar-refractivity contribution in [2.75, 3.05) is 29.0 Å². The first-order chi connectivity index (χ1) is 10.3. The van der Waals surface area contributed by atoms with Gasteiger partial charge in [0.25, 0.3) is 0 Å². The minimum atomic E-state index is 0.228. The zero-order chi connectivity index (χ0) is 14.7. The Labute approximate surface area is 122 Å². The van der Waals surface area contributed by atoms with Crippen LogP contribution in [0.4, 0.5) is 17.8 Å². The lowest BCUT2D eigenvalue weighted by molar-refractivity contribution is 0.706. The Bertz CT molecular complexity index is 603. The fourth-order valence-corrected chi connectivity index (χ4v) is 2.36. The number of nitrogens with zero attached hydrogens (tertiary/aromatic N) is 7. The molecule has 0 aromatic carbocycles. The summed E-state index contributed by atoms with van der Waals surface area (Å²) in [4.78, 5) is 14.9. The van der Waals surface area contributed by atoms with E-state index in [4.69, 9.17) is 5.73 Å².